The van der Waals surface area contributed by atoms with E-state index in [1.165, 1.54) is 12.1 Å². The topological polar surface area (TPSA) is 137 Å². The number of allylic oxidation sites excluding steroid dienone is 1. The Morgan fingerprint density at radius 1 is 1.24 bits per heavy atom. The molecule has 2 bridgehead atoms. The number of benzene rings is 1. The SMILES string of the molecule is CN=CC1=C(N)c2ccc(F)cc2[C@@H](C)Oc2cc(cnc2N)C(=NCC2CC2)C(=NN)C1. The summed E-state index contributed by atoms with van der Waals surface area (Å²) < 4.78 is 20.3. The number of nitrogens with two attached hydrogens (primary N) is 3. The number of ether oxygens (including phenoxy) is 1. The van der Waals surface area contributed by atoms with Crippen molar-refractivity contribution in [2.45, 2.75) is 32.3 Å². The second-order valence-electron chi connectivity index (χ2n) is 8.31. The second-order valence-corrected chi connectivity index (χ2v) is 8.31. The number of hydrogen-bond acceptors (Lipinski definition) is 8. The molecule has 2 heterocycles. The monoisotopic (exact) mass is 449 g/mol. The van der Waals surface area contributed by atoms with Gasteiger partial charge in [0, 0.05) is 54.8 Å². The molecule has 33 heavy (non-hydrogen) atoms. The molecule has 1 aliphatic heterocycles. The lowest BCUT2D eigenvalue weighted by molar-refractivity contribution is 0.226. The summed E-state index contributed by atoms with van der Waals surface area (Å²) >= 11 is 0. The van der Waals surface area contributed by atoms with Gasteiger partial charge in [0.05, 0.1) is 11.4 Å². The number of nitrogens with zero attached hydrogens (tertiary/aromatic N) is 4. The molecule has 0 amide bonds. The number of halogens is 1. The zero-order valence-electron chi connectivity index (χ0n) is 18.8. The normalized spacial score (nSPS) is 21.6. The predicted octanol–water partition coefficient (Wildman–Crippen LogP) is 3.23. The summed E-state index contributed by atoms with van der Waals surface area (Å²) in [6, 6.07) is 6.18. The Hall–Kier alpha value is -3.75. The van der Waals surface area contributed by atoms with Gasteiger partial charge in [0.25, 0.3) is 0 Å². The van der Waals surface area contributed by atoms with Crippen molar-refractivity contribution in [3.05, 3.63) is 58.5 Å². The van der Waals surface area contributed by atoms with Gasteiger partial charge in [0.2, 0.25) is 0 Å². The molecule has 1 aromatic heterocycles. The van der Waals surface area contributed by atoms with Gasteiger partial charge in [0.15, 0.2) is 11.6 Å². The second kappa shape index (κ2) is 9.40. The fraction of sp³-hybridized carbons (Fsp3) is 0.333. The highest BCUT2D eigenvalue weighted by Gasteiger charge is 2.25. The van der Waals surface area contributed by atoms with Crippen LogP contribution < -0.4 is 22.0 Å². The molecule has 4 rings (SSSR count). The Morgan fingerprint density at radius 2 is 2.03 bits per heavy atom. The third-order valence-corrected chi connectivity index (χ3v) is 5.82. The van der Waals surface area contributed by atoms with Crippen molar-refractivity contribution in [3.8, 4) is 5.75 Å². The minimum atomic E-state index is -0.553. The van der Waals surface area contributed by atoms with Crippen LogP contribution in [-0.2, 0) is 0 Å². The maximum absolute atomic E-state index is 14.2. The fourth-order valence-corrected chi connectivity index (χ4v) is 3.83. The van der Waals surface area contributed by atoms with Gasteiger partial charge in [-0.1, -0.05) is 0 Å². The van der Waals surface area contributed by atoms with Crippen LogP contribution in [0, 0.1) is 11.7 Å². The minimum absolute atomic E-state index is 0.218. The van der Waals surface area contributed by atoms with Crippen LogP contribution in [0.4, 0.5) is 10.2 Å². The van der Waals surface area contributed by atoms with E-state index >= 15 is 0 Å². The lowest BCUT2D eigenvalue weighted by Crippen LogP contribution is -2.22. The number of anilines is 1. The van der Waals surface area contributed by atoms with E-state index in [9.17, 15) is 4.39 Å². The third-order valence-electron chi connectivity index (χ3n) is 5.82. The van der Waals surface area contributed by atoms with E-state index in [1.807, 2.05) is 6.92 Å². The van der Waals surface area contributed by atoms with Crippen LogP contribution in [-0.4, -0.2) is 36.2 Å². The molecule has 6 N–H and O–H groups in total. The average molecular weight is 450 g/mol. The van der Waals surface area contributed by atoms with Crippen LogP contribution in [0.2, 0.25) is 0 Å². The predicted molar refractivity (Wildman–Crippen MR) is 130 cm³/mol. The molecule has 1 atom stereocenters. The first kappa shape index (κ1) is 22.4. The molecule has 2 aromatic rings. The molecular formula is C24H28FN7O. The Labute approximate surface area is 192 Å². The van der Waals surface area contributed by atoms with Crippen LogP contribution in [0.15, 0.2) is 51.1 Å². The van der Waals surface area contributed by atoms with E-state index in [0.717, 1.165) is 12.8 Å². The minimum Gasteiger partial charge on any atom is -0.482 e. The number of aliphatic imine (C=N–C) groups is 2. The van der Waals surface area contributed by atoms with Crippen molar-refractivity contribution in [2.75, 3.05) is 19.3 Å². The molecule has 2 aliphatic rings. The van der Waals surface area contributed by atoms with E-state index in [-0.39, 0.29) is 12.2 Å². The highest BCUT2D eigenvalue weighted by molar-refractivity contribution is 6.49. The number of pyridine rings is 1. The van der Waals surface area contributed by atoms with Crippen LogP contribution >= 0.6 is 0 Å². The van der Waals surface area contributed by atoms with Gasteiger partial charge >= 0.3 is 0 Å². The molecule has 0 spiro atoms. The molecule has 1 fully saturated rings. The number of nitrogen functional groups attached to an aromatic ring is 1. The highest BCUT2D eigenvalue weighted by atomic mass is 19.1. The molecule has 1 aromatic carbocycles. The van der Waals surface area contributed by atoms with Crippen molar-refractivity contribution in [2.24, 2.45) is 32.6 Å². The van der Waals surface area contributed by atoms with Crippen LogP contribution in [0.5, 0.6) is 5.75 Å². The van der Waals surface area contributed by atoms with Crippen molar-refractivity contribution < 1.29 is 9.13 Å². The summed E-state index contributed by atoms with van der Waals surface area (Å²) in [6.07, 6.45) is 5.34. The zero-order chi connectivity index (χ0) is 23.5. The molecule has 0 unspecified atom stereocenters. The Balaban J connectivity index is 1.95. The number of aromatic nitrogens is 1. The Kier molecular flexibility index (Phi) is 6.39. The Bertz CT molecular complexity index is 1180. The summed E-state index contributed by atoms with van der Waals surface area (Å²) in [4.78, 5) is 13.3. The highest BCUT2D eigenvalue weighted by Crippen LogP contribution is 2.33. The smallest absolute Gasteiger partial charge is 0.166 e. The van der Waals surface area contributed by atoms with Crippen LogP contribution in [0.25, 0.3) is 5.70 Å². The van der Waals surface area contributed by atoms with E-state index < -0.39 is 11.9 Å². The largest absolute Gasteiger partial charge is 0.482 e. The molecule has 172 valence electrons. The molecule has 9 heteroatoms. The lowest BCUT2D eigenvalue weighted by Gasteiger charge is -2.22. The number of rotatable bonds is 3. The fourth-order valence-electron chi connectivity index (χ4n) is 3.83. The third kappa shape index (κ3) is 4.87. The van der Waals surface area contributed by atoms with Crippen molar-refractivity contribution >= 4 is 29.2 Å². The van der Waals surface area contributed by atoms with Gasteiger partial charge in [-0.2, -0.15) is 5.10 Å². The molecule has 1 aliphatic carbocycles. The summed E-state index contributed by atoms with van der Waals surface area (Å²) in [5.41, 5.74) is 16.9. The molecule has 8 nitrogen and oxygen atoms in total. The van der Waals surface area contributed by atoms with E-state index in [2.05, 4.69) is 15.1 Å². The van der Waals surface area contributed by atoms with Gasteiger partial charge in [-0.15, -0.1) is 0 Å². The quantitative estimate of drug-likeness (QED) is 0.375. The molecular weight excluding hydrogens is 421 g/mol. The van der Waals surface area contributed by atoms with Crippen molar-refractivity contribution in [1.82, 2.24) is 4.98 Å². The van der Waals surface area contributed by atoms with Crippen LogP contribution in [0.3, 0.4) is 0 Å². The van der Waals surface area contributed by atoms with Gasteiger partial charge in [-0.05, 0) is 55.5 Å². The van der Waals surface area contributed by atoms with Gasteiger partial charge in [0.1, 0.15) is 11.9 Å². The zero-order valence-corrected chi connectivity index (χ0v) is 18.8. The summed E-state index contributed by atoms with van der Waals surface area (Å²) in [5.74, 6) is 6.60. The van der Waals surface area contributed by atoms with Gasteiger partial charge in [-0.3, -0.25) is 9.98 Å². The maximum Gasteiger partial charge on any atom is 0.166 e. The number of hydrazone groups is 1. The average Bonchev–Trinajstić information content (AvgIpc) is 3.63. The number of hydrogen-bond donors (Lipinski definition) is 3. The first-order valence-corrected chi connectivity index (χ1v) is 10.9. The first-order valence-electron chi connectivity index (χ1n) is 10.9. The Morgan fingerprint density at radius 3 is 2.73 bits per heavy atom. The van der Waals surface area contributed by atoms with E-state index in [4.69, 9.17) is 27.0 Å². The molecule has 0 radical (unpaired) electrons. The van der Waals surface area contributed by atoms with Crippen LogP contribution in [0.1, 0.15) is 49.0 Å². The van der Waals surface area contributed by atoms with E-state index in [0.29, 0.717) is 57.6 Å². The molecule has 1 saturated carbocycles. The van der Waals surface area contributed by atoms with Crippen molar-refractivity contribution in [3.63, 3.8) is 0 Å². The standard InChI is InChI=1S/C24H28FN7O/c1-13-19-9-17(25)5-6-18(19)22(26)15(11-29-2)7-20(32-28)23(30-10-14-3-4-14)16-8-21(33-13)24(27)31-12-16/h5-6,8-9,11-14H,3-4,7,10,26,28H2,1-2H3,(H2,27,31)/t13-/m1/s1. The summed E-state index contributed by atoms with van der Waals surface area (Å²) in [6.45, 7) is 2.48. The summed E-state index contributed by atoms with van der Waals surface area (Å²) in [7, 11) is 1.66. The lowest BCUT2D eigenvalue weighted by atomic mass is 9.93. The maximum atomic E-state index is 14.2. The number of fused-ring (bicyclic) bond motifs is 3. The van der Waals surface area contributed by atoms with Crippen molar-refractivity contribution in [1.29, 1.82) is 0 Å². The first-order chi connectivity index (χ1) is 15.9. The summed E-state index contributed by atoms with van der Waals surface area (Å²) in [5, 5.41) is 4.06. The van der Waals surface area contributed by atoms with Gasteiger partial charge < -0.3 is 22.0 Å². The van der Waals surface area contributed by atoms with Gasteiger partial charge in [-0.25, -0.2) is 9.37 Å². The van der Waals surface area contributed by atoms with E-state index in [1.54, 1.807) is 31.6 Å². The molecule has 0 saturated heterocycles.